The van der Waals surface area contributed by atoms with E-state index in [1.54, 1.807) is 17.8 Å². The molecule has 1 aromatic heterocycles. The van der Waals surface area contributed by atoms with Gasteiger partial charge in [0.15, 0.2) is 6.04 Å². The first kappa shape index (κ1) is 23.2. The molecule has 0 bridgehead atoms. The number of anilines is 1. The molecule has 9 heteroatoms. The molecule has 2 unspecified atom stereocenters. The van der Waals surface area contributed by atoms with Gasteiger partial charge in [-0.15, -0.1) is 0 Å². The van der Waals surface area contributed by atoms with Gasteiger partial charge in [-0.05, 0) is 66.5 Å². The minimum Gasteiger partial charge on any atom is -0.367 e. The van der Waals surface area contributed by atoms with E-state index >= 15 is 0 Å². The molecule has 172 valence electrons. The second-order valence-electron chi connectivity index (χ2n) is 8.42. The molecule has 1 N–H and O–H groups in total. The predicted molar refractivity (Wildman–Crippen MR) is 122 cm³/mol. The Kier molecular flexibility index (Phi) is 6.91. The molecule has 2 atom stereocenters. The number of fused-ring (bicyclic) bond motifs is 1. The number of rotatable bonds is 5. The van der Waals surface area contributed by atoms with Crippen LogP contribution >= 0.6 is 23.4 Å². The van der Waals surface area contributed by atoms with Gasteiger partial charge in [0.25, 0.3) is 0 Å². The van der Waals surface area contributed by atoms with E-state index in [1.807, 2.05) is 18.2 Å². The van der Waals surface area contributed by atoms with Crippen molar-refractivity contribution in [3.63, 3.8) is 0 Å². The number of carbonyl (C=O) groups excluding carboxylic acids is 1. The molecule has 1 fully saturated rings. The normalized spacial score (nSPS) is 20.0. The predicted octanol–water partition coefficient (Wildman–Crippen LogP) is 5.52. The number of halogens is 4. The average Bonchev–Trinajstić information content (AvgIpc) is 3.15. The van der Waals surface area contributed by atoms with Gasteiger partial charge in [-0.1, -0.05) is 23.7 Å². The molecule has 1 aromatic carbocycles. The molecule has 1 saturated heterocycles. The van der Waals surface area contributed by atoms with E-state index in [9.17, 15) is 18.0 Å². The molecule has 4 rings (SSSR count). The summed E-state index contributed by atoms with van der Waals surface area (Å²) < 4.78 is 41.8. The number of nitrogens with one attached hydrogen (secondary N) is 1. The van der Waals surface area contributed by atoms with Crippen LogP contribution in [0.15, 0.2) is 36.5 Å². The van der Waals surface area contributed by atoms with Crippen LogP contribution in [0.4, 0.5) is 19.0 Å². The summed E-state index contributed by atoms with van der Waals surface area (Å²) in [5.41, 5.74) is 2.34. The zero-order valence-corrected chi connectivity index (χ0v) is 19.2. The third-order valence-electron chi connectivity index (χ3n) is 6.17. The first-order chi connectivity index (χ1) is 15.2. The Hall–Kier alpha value is -1.93. The van der Waals surface area contributed by atoms with E-state index in [-0.39, 0.29) is 17.5 Å². The maximum absolute atomic E-state index is 13.9. The number of aromatic nitrogens is 1. The molecule has 0 spiro atoms. The van der Waals surface area contributed by atoms with Crippen molar-refractivity contribution in [3.8, 4) is 0 Å². The number of alkyl halides is 3. The van der Waals surface area contributed by atoms with Crippen molar-refractivity contribution in [1.82, 2.24) is 9.88 Å². The van der Waals surface area contributed by atoms with Crippen molar-refractivity contribution in [2.75, 3.05) is 23.9 Å². The van der Waals surface area contributed by atoms with Gasteiger partial charge in [0.05, 0.1) is 0 Å². The van der Waals surface area contributed by atoms with E-state index in [2.05, 4.69) is 10.3 Å². The monoisotopic (exact) mass is 483 g/mol. The van der Waals surface area contributed by atoms with Crippen LogP contribution in [-0.2, 0) is 17.6 Å². The molecular formula is C23H25ClF3N3OS. The molecule has 1 aliphatic carbocycles. The lowest BCUT2D eigenvalue weighted by molar-refractivity contribution is -0.190. The highest BCUT2D eigenvalue weighted by molar-refractivity contribution is 7.99. The average molecular weight is 484 g/mol. The molecule has 2 aliphatic rings. The van der Waals surface area contributed by atoms with E-state index in [0.717, 1.165) is 29.2 Å². The molecule has 0 radical (unpaired) electrons. The van der Waals surface area contributed by atoms with E-state index < -0.39 is 18.1 Å². The second kappa shape index (κ2) is 9.51. The van der Waals surface area contributed by atoms with E-state index in [0.29, 0.717) is 23.7 Å². The zero-order chi connectivity index (χ0) is 22.9. The summed E-state index contributed by atoms with van der Waals surface area (Å²) in [4.78, 5) is 17.8. The highest BCUT2D eigenvalue weighted by atomic mass is 35.5. The fourth-order valence-corrected chi connectivity index (χ4v) is 5.84. The summed E-state index contributed by atoms with van der Waals surface area (Å²) in [6, 6.07) is 6.87. The maximum Gasteiger partial charge on any atom is 0.413 e. The Balaban J connectivity index is 1.46. The first-order valence-electron chi connectivity index (χ1n) is 10.6. The Morgan fingerprint density at radius 1 is 1.19 bits per heavy atom. The number of pyridine rings is 1. The van der Waals surface area contributed by atoms with Crippen LogP contribution in [-0.4, -0.2) is 46.6 Å². The highest BCUT2D eigenvalue weighted by Gasteiger charge is 2.46. The van der Waals surface area contributed by atoms with Crippen LogP contribution in [0.5, 0.6) is 0 Å². The van der Waals surface area contributed by atoms with Gasteiger partial charge >= 0.3 is 6.18 Å². The number of thioether (sulfide) groups is 1. The van der Waals surface area contributed by atoms with Crippen molar-refractivity contribution in [2.45, 2.75) is 43.9 Å². The number of benzene rings is 1. The molecule has 2 heterocycles. The lowest BCUT2D eigenvalue weighted by Gasteiger charge is -2.33. The largest absolute Gasteiger partial charge is 0.413 e. The van der Waals surface area contributed by atoms with Crippen molar-refractivity contribution in [3.05, 3.63) is 58.2 Å². The summed E-state index contributed by atoms with van der Waals surface area (Å²) in [7, 11) is 1.25. The van der Waals surface area contributed by atoms with Crippen molar-refractivity contribution in [2.24, 2.45) is 5.92 Å². The van der Waals surface area contributed by atoms with Gasteiger partial charge in [0, 0.05) is 35.8 Å². The number of nitrogens with zero attached hydrogens (tertiary/aromatic N) is 2. The number of amides is 1. The quantitative estimate of drug-likeness (QED) is 0.608. The fourth-order valence-electron chi connectivity index (χ4n) is 4.54. The number of hydrogen-bond donors (Lipinski definition) is 1. The minimum absolute atomic E-state index is 0.0365. The molecular weight excluding hydrogens is 459 g/mol. The van der Waals surface area contributed by atoms with Gasteiger partial charge in [-0.25, -0.2) is 4.98 Å². The Morgan fingerprint density at radius 3 is 2.56 bits per heavy atom. The lowest BCUT2D eigenvalue weighted by atomic mass is 9.99. The number of hydrogen-bond acceptors (Lipinski definition) is 4. The summed E-state index contributed by atoms with van der Waals surface area (Å²) >= 11 is 7.79. The molecule has 1 aliphatic heterocycles. The highest BCUT2D eigenvalue weighted by Crippen LogP contribution is 2.39. The van der Waals surface area contributed by atoms with E-state index in [1.165, 1.54) is 30.4 Å². The SMILES string of the molecule is CN(C(=O)C1CCSCC1)C(c1ccc(NC2Cc3ccc(Cl)cc3C2)nc1)C(F)(F)F. The van der Waals surface area contributed by atoms with Crippen LogP contribution in [0.2, 0.25) is 5.02 Å². The first-order valence-corrected chi connectivity index (χ1v) is 12.2. The molecule has 32 heavy (non-hydrogen) atoms. The standard InChI is InChI=1S/C23H25ClF3N3OS/c1-30(22(31)14-6-8-32-9-7-14)21(23(25,26)27)16-3-5-20(28-13-16)29-19-11-15-2-4-18(24)10-17(15)12-19/h2-5,10,13-14,19,21H,6-9,11-12H2,1H3,(H,28,29). The smallest absolute Gasteiger partial charge is 0.367 e. The van der Waals surface area contributed by atoms with E-state index in [4.69, 9.17) is 11.6 Å². The van der Waals surface area contributed by atoms with Gasteiger partial charge in [0.2, 0.25) is 5.91 Å². The van der Waals surface area contributed by atoms with Gasteiger partial charge in [-0.3, -0.25) is 4.79 Å². The summed E-state index contributed by atoms with van der Waals surface area (Å²) in [6.07, 6.45) is -0.542. The topological polar surface area (TPSA) is 45.2 Å². The third kappa shape index (κ3) is 5.17. The lowest BCUT2D eigenvalue weighted by Crippen LogP contribution is -2.43. The van der Waals surface area contributed by atoms with Crippen LogP contribution in [0.3, 0.4) is 0 Å². The number of carbonyl (C=O) groups is 1. The minimum atomic E-state index is -4.59. The Labute approximate surface area is 194 Å². The molecule has 1 amide bonds. The zero-order valence-electron chi connectivity index (χ0n) is 17.7. The van der Waals surface area contributed by atoms with Gasteiger partial charge in [0.1, 0.15) is 5.82 Å². The Morgan fingerprint density at radius 2 is 1.91 bits per heavy atom. The molecule has 4 nitrogen and oxygen atoms in total. The maximum atomic E-state index is 13.9. The second-order valence-corrected chi connectivity index (χ2v) is 10.1. The van der Waals surface area contributed by atoms with Crippen LogP contribution in [0.25, 0.3) is 0 Å². The van der Waals surface area contributed by atoms with Crippen molar-refractivity contribution >= 4 is 35.1 Å². The third-order valence-corrected chi connectivity index (χ3v) is 7.45. The van der Waals surface area contributed by atoms with Crippen LogP contribution in [0, 0.1) is 5.92 Å². The van der Waals surface area contributed by atoms with Crippen LogP contribution < -0.4 is 5.32 Å². The van der Waals surface area contributed by atoms with Crippen LogP contribution in [0.1, 0.15) is 35.6 Å². The summed E-state index contributed by atoms with van der Waals surface area (Å²) in [5, 5.41) is 3.99. The van der Waals surface area contributed by atoms with Crippen molar-refractivity contribution < 1.29 is 18.0 Å². The van der Waals surface area contributed by atoms with Crippen molar-refractivity contribution in [1.29, 1.82) is 0 Å². The molecule has 0 saturated carbocycles. The van der Waals surface area contributed by atoms with Gasteiger partial charge in [-0.2, -0.15) is 24.9 Å². The van der Waals surface area contributed by atoms with Gasteiger partial charge < -0.3 is 10.2 Å². The Bertz CT molecular complexity index is 964. The summed E-state index contributed by atoms with van der Waals surface area (Å²) in [6.45, 7) is 0. The fraction of sp³-hybridized carbons (Fsp3) is 0.478. The summed E-state index contributed by atoms with van der Waals surface area (Å²) in [5.74, 6) is 1.33. The molecule has 2 aromatic rings.